The van der Waals surface area contributed by atoms with Crippen LogP contribution in [0.2, 0.25) is 0 Å². The minimum absolute atomic E-state index is 0.00337. The number of rotatable bonds is 9. The molecule has 2 unspecified atom stereocenters. The molecule has 2 aliphatic heterocycles. The summed E-state index contributed by atoms with van der Waals surface area (Å²) in [5, 5.41) is 21.2. The number of aliphatic hydroxyl groups excluding tert-OH is 1. The fourth-order valence-corrected chi connectivity index (χ4v) is 7.29. The van der Waals surface area contributed by atoms with Crippen LogP contribution in [0.15, 0.2) is 48.5 Å². The van der Waals surface area contributed by atoms with E-state index in [9.17, 15) is 14.7 Å². The van der Waals surface area contributed by atoms with Gasteiger partial charge in [-0.2, -0.15) is 0 Å². The highest BCUT2D eigenvalue weighted by Crippen LogP contribution is 2.53. The molecule has 1 aliphatic carbocycles. The number of benzene rings is 2. The number of aliphatic carboxylic acids is 1. The average Bonchev–Trinajstić information content (AvgIpc) is 3.14. The van der Waals surface area contributed by atoms with Crippen LogP contribution in [0.3, 0.4) is 0 Å². The number of anilines is 1. The molecule has 2 aromatic rings. The van der Waals surface area contributed by atoms with Gasteiger partial charge in [-0.25, -0.2) is 0 Å². The third-order valence-corrected chi connectivity index (χ3v) is 8.58. The number of carbonyl (C=O) groups is 2. The highest BCUT2D eigenvalue weighted by molar-refractivity contribution is 5.92. The molecule has 3 aliphatic rings. The second-order valence-electron chi connectivity index (χ2n) is 13.1. The Kier molecular flexibility index (Phi) is 8.34. The Morgan fingerprint density at radius 2 is 1.80 bits per heavy atom. The van der Waals surface area contributed by atoms with Gasteiger partial charge in [0.1, 0.15) is 0 Å². The minimum Gasteiger partial charge on any atom is -0.481 e. The van der Waals surface area contributed by atoms with E-state index in [0.717, 1.165) is 36.2 Å². The monoisotopic (exact) mass is 550 g/mol. The molecule has 3 fully saturated rings. The second kappa shape index (κ2) is 11.6. The highest BCUT2D eigenvalue weighted by Gasteiger charge is 2.50. The maximum absolute atomic E-state index is 12.2. The van der Waals surface area contributed by atoms with Crippen molar-refractivity contribution in [1.29, 1.82) is 0 Å². The molecule has 5 atom stereocenters. The Morgan fingerprint density at radius 3 is 2.52 bits per heavy atom. The zero-order valence-electron chi connectivity index (χ0n) is 23.8. The first-order valence-corrected chi connectivity index (χ1v) is 14.4. The van der Waals surface area contributed by atoms with Crippen molar-refractivity contribution >= 4 is 17.6 Å². The normalized spacial score (nSPS) is 29.7. The van der Waals surface area contributed by atoms with E-state index >= 15 is 0 Å². The third-order valence-electron chi connectivity index (χ3n) is 8.58. The largest absolute Gasteiger partial charge is 0.481 e. The first kappa shape index (κ1) is 28.7. The Balaban J connectivity index is 1.35. The maximum atomic E-state index is 12.2. The summed E-state index contributed by atoms with van der Waals surface area (Å²) < 4.78 is 13.1. The Bertz CT molecular complexity index is 1210. The second-order valence-corrected chi connectivity index (χ2v) is 13.1. The van der Waals surface area contributed by atoms with Crippen LogP contribution in [0.25, 0.3) is 0 Å². The number of carboxylic acid groups (broad SMARTS) is 1. The molecule has 8 nitrogen and oxygen atoms in total. The van der Waals surface area contributed by atoms with Gasteiger partial charge in [0.2, 0.25) is 5.91 Å². The van der Waals surface area contributed by atoms with Crippen molar-refractivity contribution in [3.63, 3.8) is 0 Å². The van der Waals surface area contributed by atoms with Crippen molar-refractivity contribution in [1.82, 2.24) is 4.90 Å². The fourth-order valence-electron chi connectivity index (χ4n) is 7.29. The summed E-state index contributed by atoms with van der Waals surface area (Å²) in [6.07, 6.45) is 3.26. The Labute approximate surface area is 236 Å². The van der Waals surface area contributed by atoms with Gasteiger partial charge in [0.05, 0.1) is 25.2 Å². The molecule has 1 amide bonds. The highest BCUT2D eigenvalue weighted by atomic mass is 16.7. The molecule has 1 saturated carbocycles. The van der Waals surface area contributed by atoms with E-state index < -0.39 is 12.3 Å². The van der Waals surface area contributed by atoms with Crippen LogP contribution in [0.4, 0.5) is 5.69 Å². The number of hydrogen-bond acceptors (Lipinski definition) is 6. The number of fused-ring (bicyclic) bond motifs is 2. The number of nitrogens with zero attached hydrogens (tertiary/aromatic N) is 1. The van der Waals surface area contributed by atoms with Crippen molar-refractivity contribution in [3.05, 3.63) is 65.2 Å². The summed E-state index contributed by atoms with van der Waals surface area (Å²) in [4.78, 5) is 25.7. The summed E-state index contributed by atoms with van der Waals surface area (Å²) in [6.45, 7) is 9.13. The molecule has 8 heteroatoms. The summed E-state index contributed by atoms with van der Waals surface area (Å²) in [6, 6.07) is 15.8. The summed E-state index contributed by atoms with van der Waals surface area (Å²) in [5.41, 5.74) is 3.96. The molecule has 5 rings (SSSR count). The molecule has 2 aromatic carbocycles. The summed E-state index contributed by atoms with van der Waals surface area (Å²) in [7, 11) is 0. The van der Waals surface area contributed by atoms with Crippen LogP contribution < -0.4 is 5.32 Å². The smallest absolute Gasteiger partial charge is 0.303 e. The zero-order valence-corrected chi connectivity index (χ0v) is 23.8. The molecule has 2 bridgehead atoms. The van der Waals surface area contributed by atoms with E-state index in [0.29, 0.717) is 22.6 Å². The number of amides is 1. The first-order valence-electron chi connectivity index (χ1n) is 14.4. The van der Waals surface area contributed by atoms with E-state index in [2.05, 4.69) is 31.0 Å². The van der Waals surface area contributed by atoms with Gasteiger partial charge in [-0.3, -0.25) is 14.5 Å². The van der Waals surface area contributed by atoms with Crippen molar-refractivity contribution in [3.8, 4) is 0 Å². The molecular formula is C32H42N2O6. The lowest BCUT2D eigenvalue weighted by molar-refractivity contribution is -0.253. The van der Waals surface area contributed by atoms with Gasteiger partial charge in [-0.05, 0) is 53.4 Å². The van der Waals surface area contributed by atoms with Crippen molar-refractivity contribution in [2.45, 2.75) is 90.4 Å². The number of aliphatic hydroxyl groups is 1. The van der Waals surface area contributed by atoms with Gasteiger partial charge < -0.3 is 25.0 Å². The molecule has 0 aromatic heterocycles. The van der Waals surface area contributed by atoms with Crippen LogP contribution in [0, 0.1) is 10.8 Å². The standard InChI is InChI=1S/C32H42N2O6/c1-31(2)15-25-16-32(3,19-31)20-34(25)17-26-14-27(22-9-7-21(18-35)8-10-22)40-30(39-26)23-5-4-6-24(13-23)33-28(36)11-12-29(37)38/h4-10,13,25-27,30,35H,11-12,14-20H2,1-3H3,(H,33,36)(H,37,38)/t25?,26-,27+,30+,32?/m1/s1. The van der Waals surface area contributed by atoms with E-state index in [1.165, 1.54) is 19.3 Å². The molecular weight excluding hydrogens is 508 g/mol. The number of carbonyl (C=O) groups excluding carboxylic acids is 1. The maximum Gasteiger partial charge on any atom is 0.303 e. The number of carboxylic acids is 1. The number of ether oxygens (including phenoxy) is 2. The van der Waals surface area contributed by atoms with E-state index in [4.69, 9.17) is 14.6 Å². The van der Waals surface area contributed by atoms with Crippen LogP contribution in [0.1, 0.15) is 88.4 Å². The van der Waals surface area contributed by atoms with Crippen molar-refractivity contribution in [2.75, 3.05) is 18.4 Å². The van der Waals surface area contributed by atoms with Gasteiger partial charge >= 0.3 is 5.97 Å². The number of likely N-dealkylation sites (tertiary alicyclic amines) is 1. The van der Waals surface area contributed by atoms with E-state index in [1.807, 2.05) is 42.5 Å². The van der Waals surface area contributed by atoms with Crippen molar-refractivity contribution < 1.29 is 29.3 Å². The third kappa shape index (κ3) is 6.92. The SMILES string of the molecule is CC1(C)CC2CC(C)(CN2C[C@H]2C[C@@H](c3ccc(CO)cc3)O[C@@H](c3cccc(NC(=O)CCC(=O)O)c3)O2)C1. The van der Waals surface area contributed by atoms with Gasteiger partial charge in [0.25, 0.3) is 0 Å². The fraction of sp³-hybridized carbons (Fsp3) is 0.562. The van der Waals surface area contributed by atoms with Crippen LogP contribution in [0.5, 0.6) is 0 Å². The van der Waals surface area contributed by atoms with Gasteiger partial charge in [0.15, 0.2) is 6.29 Å². The van der Waals surface area contributed by atoms with E-state index in [1.54, 1.807) is 6.07 Å². The van der Waals surface area contributed by atoms with Crippen LogP contribution in [-0.4, -0.2) is 52.2 Å². The Morgan fingerprint density at radius 1 is 1.02 bits per heavy atom. The minimum atomic E-state index is -1.00. The van der Waals surface area contributed by atoms with Gasteiger partial charge in [-0.15, -0.1) is 0 Å². The lowest BCUT2D eigenvalue weighted by atomic mass is 9.65. The number of hydrogen-bond donors (Lipinski definition) is 3. The topological polar surface area (TPSA) is 108 Å². The average molecular weight is 551 g/mol. The van der Waals surface area contributed by atoms with Gasteiger partial charge in [0, 0.05) is 43.2 Å². The summed E-state index contributed by atoms with van der Waals surface area (Å²) in [5.74, 6) is -1.35. The van der Waals surface area contributed by atoms with Crippen LogP contribution >= 0.6 is 0 Å². The zero-order chi connectivity index (χ0) is 28.5. The quantitative estimate of drug-likeness (QED) is 0.382. The molecule has 2 saturated heterocycles. The molecule has 216 valence electrons. The molecule has 2 heterocycles. The Hall–Kier alpha value is -2.78. The van der Waals surface area contributed by atoms with Gasteiger partial charge in [-0.1, -0.05) is 57.2 Å². The lowest BCUT2D eigenvalue weighted by Crippen LogP contribution is -2.42. The first-order chi connectivity index (χ1) is 19.0. The predicted molar refractivity (Wildman–Crippen MR) is 151 cm³/mol. The van der Waals surface area contributed by atoms with Crippen molar-refractivity contribution in [2.24, 2.45) is 10.8 Å². The predicted octanol–water partition coefficient (Wildman–Crippen LogP) is 5.43. The lowest BCUT2D eigenvalue weighted by Gasteiger charge is -2.41. The molecule has 0 spiro atoms. The molecule has 0 radical (unpaired) electrons. The van der Waals surface area contributed by atoms with Crippen LogP contribution in [-0.2, 0) is 25.7 Å². The number of nitrogens with one attached hydrogen (secondary N) is 1. The molecule has 40 heavy (non-hydrogen) atoms. The summed E-state index contributed by atoms with van der Waals surface area (Å²) >= 11 is 0. The molecule has 3 N–H and O–H groups in total. The van der Waals surface area contributed by atoms with E-state index in [-0.39, 0.29) is 37.6 Å².